The minimum Gasteiger partial charge on any atom is -0.494 e. The lowest BCUT2D eigenvalue weighted by atomic mass is 10.3. The summed E-state index contributed by atoms with van der Waals surface area (Å²) in [6, 6.07) is 3.35. The Balaban J connectivity index is 2.96. The highest BCUT2D eigenvalue weighted by molar-refractivity contribution is 9.11. The van der Waals surface area contributed by atoms with Crippen molar-refractivity contribution in [1.82, 2.24) is 0 Å². The van der Waals surface area contributed by atoms with Crippen LogP contribution in [0.3, 0.4) is 0 Å². The van der Waals surface area contributed by atoms with Gasteiger partial charge in [-0.05, 0) is 44.0 Å². The van der Waals surface area contributed by atoms with E-state index in [-0.39, 0.29) is 0 Å². The molecule has 0 heterocycles. The van der Waals surface area contributed by atoms with Gasteiger partial charge in [-0.3, -0.25) is 4.79 Å². The van der Waals surface area contributed by atoms with Gasteiger partial charge >= 0.3 is 0 Å². The molecule has 0 fully saturated rings. The molecule has 0 bridgehead atoms. The molecule has 5 nitrogen and oxygen atoms in total. The van der Waals surface area contributed by atoms with E-state index in [4.69, 9.17) is 9.94 Å². The first-order chi connectivity index (χ1) is 7.58. The van der Waals surface area contributed by atoms with E-state index >= 15 is 0 Å². The summed E-state index contributed by atoms with van der Waals surface area (Å²) in [6.07, 6.45) is 0.770. The van der Waals surface area contributed by atoms with Crippen LogP contribution in [0.15, 0.2) is 26.2 Å². The lowest BCUT2D eigenvalue weighted by molar-refractivity contribution is -0.110. The molecule has 0 atom stereocenters. The van der Waals surface area contributed by atoms with Crippen LogP contribution in [0.4, 0.5) is 5.69 Å². The van der Waals surface area contributed by atoms with Gasteiger partial charge in [0.15, 0.2) is 0 Å². The zero-order valence-electron chi connectivity index (χ0n) is 8.20. The molecule has 16 heavy (non-hydrogen) atoms. The van der Waals surface area contributed by atoms with Crippen LogP contribution in [0.25, 0.3) is 0 Å². The first kappa shape index (κ1) is 13.0. The number of carbonyl (C=O) groups is 1. The zero-order chi connectivity index (χ0) is 12.1. The fourth-order valence-electron chi connectivity index (χ4n) is 1.05. The van der Waals surface area contributed by atoms with Crippen LogP contribution in [0.1, 0.15) is 0 Å². The van der Waals surface area contributed by atoms with E-state index in [1.165, 1.54) is 0 Å². The predicted octanol–water partition coefficient (Wildman–Crippen LogP) is 2.62. The summed E-state index contributed by atoms with van der Waals surface area (Å²) in [5.41, 5.74) is 0.546. The SMILES string of the molecule is COc1c(Br)cc(NC(=O)/C=N/O)cc1Br. The molecule has 0 saturated carbocycles. The Bertz CT molecular complexity index is 412. The number of oxime groups is 1. The van der Waals surface area contributed by atoms with Gasteiger partial charge in [-0.1, -0.05) is 5.16 Å². The smallest absolute Gasteiger partial charge is 0.270 e. The van der Waals surface area contributed by atoms with E-state index in [1.807, 2.05) is 0 Å². The zero-order valence-corrected chi connectivity index (χ0v) is 11.4. The van der Waals surface area contributed by atoms with Crippen molar-refractivity contribution in [3.63, 3.8) is 0 Å². The summed E-state index contributed by atoms with van der Waals surface area (Å²) in [7, 11) is 1.54. The molecule has 2 N–H and O–H groups in total. The minimum absolute atomic E-state index is 0.522. The van der Waals surface area contributed by atoms with Crippen molar-refractivity contribution >= 4 is 49.7 Å². The number of methoxy groups -OCH3 is 1. The van der Waals surface area contributed by atoms with Crippen molar-refractivity contribution in [2.75, 3.05) is 12.4 Å². The van der Waals surface area contributed by atoms with Crippen molar-refractivity contribution in [2.45, 2.75) is 0 Å². The summed E-state index contributed by atoms with van der Waals surface area (Å²) in [5, 5.41) is 13.3. The van der Waals surface area contributed by atoms with Crippen molar-refractivity contribution in [3.05, 3.63) is 21.1 Å². The molecule has 7 heteroatoms. The Labute approximate surface area is 109 Å². The lowest BCUT2D eigenvalue weighted by Gasteiger charge is -2.09. The van der Waals surface area contributed by atoms with Crippen LogP contribution in [0.5, 0.6) is 5.75 Å². The number of carbonyl (C=O) groups excluding carboxylic acids is 1. The van der Waals surface area contributed by atoms with Crippen LogP contribution in [-0.4, -0.2) is 24.4 Å². The number of rotatable bonds is 3. The molecule has 86 valence electrons. The summed E-state index contributed by atoms with van der Waals surface area (Å²) >= 11 is 6.60. The summed E-state index contributed by atoms with van der Waals surface area (Å²) < 4.78 is 6.50. The monoisotopic (exact) mass is 350 g/mol. The van der Waals surface area contributed by atoms with Crippen molar-refractivity contribution in [1.29, 1.82) is 0 Å². The Hall–Kier alpha value is -1.08. The van der Waals surface area contributed by atoms with Gasteiger partial charge in [0.05, 0.1) is 16.1 Å². The topological polar surface area (TPSA) is 70.9 Å². The van der Waals surface area contributed by atoms with Crippen molar-refractivity contribution in [2.24, 2.45) is 5.16 Å². The standard InChI is InChI=1S/C9H8Br2N2O3/c1-16-9-6(10)2-5(3-7(9)11)13-8(14)4-12-15/h2-4,15H,1H3,(H,13,14)/b12-4+. The van der Waals surface area contributed by atoms with E-state index in [1.54, 1.807) is 19.2 Å². The van der Waals surface area contributed by atoms with Crippen molar-refractivity contribution < 1.29 is 14.7 Å². The molecule has 1 rings (SSSR count). The largest absolute Gasteiger partial charge is 0.494 e. The Kier molecular flexibility index (Phi) is 4.75. The average Bonchev–Trinajstić information content (AvgIpc) is 2.17. The third kappa shape index (κ3) is 3.21. The second-order valence-electron chi connectivity index (χ2n) is 2.71. The summed E-state index contributed by atoms with van der Waals surface area (Å²) in [5.74, 6) is 0.111. The summed E-state index contributed by atoms with van der Waals surface area (Å²) in [4.78, 5) is 11.1. The number of halogens is 2. The second-order valence-corrected chi connectivity index (χ2v) is 4.42. The molecule has 0 radical (unpaired) electrons. The molecular formula is C9H8Br2N2O3. The molecule has 0 aliphatic heterocycles. The number of nitrogens with one attached hydrogen (secondary N) is 1. The molecule has 0 unspecified atom stereocenters. The van der Waals surface area contributed by atoms with Crippen molar-refractivity contribution in [3.8, 4) is 5.75 Å². The third-order valence-electron chi connectivity index (χ3n) is 1.64. The van der Waals surface area contributed by atoms with Gasteiger partial charge in [0.25, 0.3) is 5.91 Å². The molecule has 1 amide bonds. The average molecular weight is 352 g/mol. The van der Waals surface area contributed by atoms with Crippen LogP contribution < -0.4 is 10.1 Å². The number of benzene rings is 1. The maximum atomic E-state index is 11.1. The van der Waals surface area contributed by atoms with Gasteiger partial charge in [-0.15, -0.1) is 0 Å². The Morgan fingerprint density at radius 2 is 2.06 bits per heavy atom. The molecule has 0 aliphatic carbocycles. The van der Waals surface area contributed by atoms with Crippen LogP contribution in [0.2, 0.25) is 0 Å². The van der Waals surface area contributed by atoms with Gasteiger partial charge in [0.2, 0.25) is 0 Å². The maximum absolute atomic E-state index is 11.1. The Morgan fingerprint density at radius 3 is 2.50 bits per heavy atom. The van der Waals surface area contributed by atoms with E-state index in [9.17, 15) is 4.79 Å². The number of ether oxygens (including phenoxy) is 1. The minimum atomic E-state index is -0.522. The maximum Gasteiger partial charge on any atom is 0.270 e. The predicted molar refractivity (Wildman–Crippen MR) is 67.3 cm³/mol. The lowest BCUT2D eigenvalue weighted by Crippen LogP contribution is -2.12. The van der Waals surface area contributed by atoms with Gasteiger partial charge in [-0.2, -0.15) is 0 Å². The highest BCUT2D eigenvalue weighted by atomic mass is 79.9. The molecule has 0 aliphatic rings. The third-order valence-corrected chi connectivity index (χ3v) is 2.82. The molecule has 0 spiro atoms. The number of hydrogen-bond acceptors (Lipinski definition) is 4. The highest BCUT2D eigenvalue weighted by Crippen LogP contribution is 2.36. The second kappa shape index (κ2) is 5.86. The number of amides is 1. The van der Waals surface area contributed by atoms with E-state index in [0.717, 1.165) is 6.21 Å². The van der Waals surface area contributed by atoms with Gasteiger partial charge in [-0.25, -0.2) is 0 Å². The fourth-order valence-corrected chi connectivity index (χ4v) is 2.56. The molecule has 1 aromatic rings. The fraction of sp³-hybridized carbons (Fsp3) is 0.111. The molecular weight excluding hydrogens is 344 g/mol. The van der Waals surface area contributed by atoms with E-state index in [0.29, 0.717) is 20.4 Å². The molecule has 0 aromatic heterocycles. The van der Waals surface area contributed by atoms with Crippen LogP contribution in [-0.2, 0) is 4.79 Å². The van der Waals surface area contributed by atoms with Crippen LogP contribution in [0, 0.1) is 0 Å². The first-order valence-electron chi connectivity index (χ1n) is 4.10. The molecule has 1 aromatic carbocycles. The quantitative estimate of drug-likeness (QED) is 0.499. The van der Waals surface area contributed by atoms with Gasteiger partial charge in [0.1, 0.15) is 12.0 Å². The Morgan fingerprint density at radius 1 is 1.50 bits per heavy atom. The van der Waals surface area contributed by atoms with Crippen LogP contribution >= 0.6 is 31.9 Å². The number of hydrogen-bond donors (Lipinski definition) is 2. The van der Waals surface area contributed by atoms with E-state index < -0.39 is 5.91 Å². The first-order valence-corrected chi connectivity index (χ1v) is 5.68. The number of anilines is 1. The van der Waals surface area contributed by atoms with Gasteiger partial charge < -0.3 is 15.3 Å². The summed E-state index contributed by atoms with van der Waals surface area (Å²) in [6.45, 7) is 0. The number of nitrogens with zero attached hydrogens (tertiary/aromatic N) is 1. The van der Waals surface area contributed by atoms with Gasteiger partial charge in [0, 0.05) is 5.69 Å². The van der Waals surface area contributed by atoms with E-state index in [2.05, 4.69) is 42.3 Å². The molecule has 0 saturated heterocycles. The normalized spacial score (nSPS) is 10.4. The highest BCUT2D eigenvalue weighted by Gasteiger charge is 2.08.